The van der Waals surface area contributed by atoms with Gasteiger partial charge in [-0.25, -0.2) is 0 Å². The van der Waals surface area contributed by atoms with Crippen LogP contribution in [-0.4, -0.2) is 4.98 Å². The molecule has 1 aromatic heterocycles. The van der Waals surface area contributed by atoms with Crippen LogP contribution in [0.2, 0.25) is 0 Å². The number of fused-ring (bicyclic) bond motifs is 1. The quantitative estimate of drug-likeness (QED) is 0.608. The number of hydrogen-bond acceptors (Lipinski definition) is 1. The van der Waals surface area contributed by atoms with E-state index < -0.39 is 0 Å². The summed E-state index contributed by atoms with van der Waals surface area (Å²) < 4.78 is 0. The third-order valence-corrected chi connectivity index (χ3v) is 3.46. The van der Waals surface area contributed by atoms with Gasteiger partial charge < -0.3 is 7.43 Å². The second kappa shape index (κ2) is 8.82. The van der Waals surface area contributed by atoms with Gasteiger partial charge >= 0.3 is 33.5 Å². The van der Waals surface area contributed by atoms with E-state index in [1.807, 2.05) is 12.3 Å². The zero-order chi connectivity index (χ0) is 12.8. The smallest absolute Gasteiger partial charge is 0.0736 e. The van der Waals surface area contributed by atoms with Gasteiger partial charge in [0.2, 0.25) is 0 Å². The van der Waals surface area contributed by atoms with Crippen molar-refractivity contribution in [2.45, 2.75) is 31.6 Å². The number of halogens is 2. The fourth-order valence-corrected chi connectivity index (χ4v) is 2.69. The first-order valence-electron chi connectivity index (χ1n) is 6.09. The predicted octanol–water partition coefficient (Wildman–Crippen LogP) is 5.72. The largest absolute Gasteiger partial charge is 0.256 e. The topological polar surface area (TPSA) is 12.9 Å². The molecule has 0 saturated heterocycles. The van der Waals surface area contributed by atoms with Crippen LogP contribution in [0.1, 0.15) is 37.2 Å². The Morgan fingerprint density at radius 1 is 1.05 bits per heavy atom. The number of para-hydroxylation sites is 1. The third kappa shape index (κ3) is 4.36. The van der Waals surface area contributed by atoms with E-state index in [2.05, 4.69) is 29.2 Å². The summed E-state index contributed by atoms with van der Waals surface area (Å²) in [5.41, 5.74) is 2.68. The maximum atomic E-state index is 4.83. The maximum Gasteiger partial charge on any atom is 0.0736 e. The molecule has 19 heavy (non-hydrogen) atoms. The molecule has 1 aromatic carbocycles. The van der Waals surface area contributed by atoms with Crippen molar-refractivity contribution in [3.05, 3.63) is 49.5 Å². The summed E-state index contributed by atoms with van der Waals surface area (Å²) >= 11 is -0.181. The Labute approximate surface area is 130 Å². The van der Waals surface area contributed by atoms with E-state index >= 15 is 0 Å². The van der Waals surface area contributed by atoms with Gasteiger partial charge in [-0.3, -0.25) is 4.98 Å². The van der Waals surface area contributed by atoms with Crippen LogP contribution in [0.4, 0.5) is 0 Å². The molecule has 0 unspecified atom stereocenters. The molecule has 0 bridgehead atoms. The van der Waals surface area contributed by atoms with E-state index in [9.17, 15) is 0 Å². The zero-order valence-electron chi connectivity index (χ0n) is 11.0. The van der Waals surface area contributed by atoms with E-state index in [-0.39, 0.29) is 20.8 Å². The molecule has 103 valence electrons. The van der Waals surface area contributed by atoms with Crippen molar-refractivity contribution in [1.29, 1.82) is 0 Å². The molecule has 0 amide bonds. The Morgan fingerprint density at radius 2 is 1.68 bits per heavy atom. The number of hydrogen-bond donors (Lipinski definition) is 0. The Balaban J connectivity index is 0.000000416. The molecule has 2 aromatic rings. The number of nitrogens with zero attached hydrogens (tertiary/aromatic N) is 1. The molecule has 4 heteroatoms. The molecule has 0 radical (unpaired) electrons. The molecule has 1 heterocycles. The van der Waals surface area contributed by atoms with Crippen molar-refractivity contribution >= 4 is 31.0 Å². The fraction of sp³-hybridized carbons (Fsp3) is 0.333. The molecule has 0 aliphatic heterocycles. The van der Waals surface area contributed by atoms with Gasteiger partial charge in [0, 0.05) is 11.6 Å². The molecule has 0 atom stereocenters. The van der Waals surface area contributed by atoms with Crippen LogP contribution < -0.4 is 0 Å². The van der Waals surface area contributed by atoms with Gasteiger partial charge in [-0.15, -0.1) is 0 Å². The predicted molar refractivity (Wildman–Crippen MR) is 81.1 cm³/mol. The van der Waals surface area contributed by atoms with Crippen LogP contribution in [0.3, 0.4) is 0 Å². The van der Waals surface area contributed by atoms with Gasteiger partial charge in [-0.05, 0) is 30.4 Å². The average molecular weight is 335 g/mol. The number of rotatable bonds is 1. The Hall–Kier alpha value is -0.258. The van der Waals surface area contributed by atoms with Crippen LogP contribution in [0.5, 0.6) is 0 Å². The standard InChI is InChI=1S/C14H15N.CH3.2ClH.Cr/c1-2-6-11(5-1)13-9-3-7-12-8-4-10-15-14(12)13;;;;/h3-4,7-11H,1-2,5-6H2;1H3;2*1H;/q;-1;;;+3/p-2. The minimum absolute atomic E-state index is 0. The first-order valence-corrected chi connectivity index (χ1v) is 9.60. The number of aromatic nitrogens is 1. The van der Waals surface area contributed by atoms with Crippen molar-refractivity contribution < 1.29 is 13.4 Å². The van der Waals surface area contributed by atoms with Crippen LogP contribution >= 0.6 is 20.1 Å². The summed E-state index contributed by atoms with van der Waals surface area (Å²) in [4.78, 5) is 4.53. The minimum Gasteiger partial charge on any atom is -0.256 e. The van der Waals surface area contributed by atoms with Crippen LogP contribution in [-0.2, 0) is 13.4 Å². The molecule has 3 rings (SSSR count). The summed E-state index contributed by atoms with van der Waals surface area (Å²) in [6.07, 6.45) is 7.36. The second-order valence-electron chi connectivity index (χ2n) is 4.46. The van der Waals surface area contributed by atoms with Crippen LogP contribution in [0, 0.1) is 7.43 Å². The van der Waals surface area contributed by atoms with E-state index in [4.69, 9.17) is 20.1 Å². The molecular formula is C15H18Cl2CrN. The first-order chi connectivity index (χ1) is 8.86. The maximum absolute atomic E-state index is 4.83. The van der Waals surface area contributed by atoms with E-state index in [0.29, 0.717) is 0 Å². The molecule has 0 N–H and O–H groups in total. The summed E-state index contributed by atoms with van der Waals surface area (Å²) in [6, 6.07) is 10.7. The monoisotopic (exact) mass is 334 g/mol. The van der Waals surface area contributed by atoms with Crippen molar-refractivity contribution in [1.82, 2.24) is 4.98 Å². The second-order valence-corrected chi connectivity index (χ2v) is 6.57. The number of pyridine rings is 1. The van der Waals surface area contributed by atoms with Crippen LogP contribution in [0.25, 0.3) is 10.9 Å². The number of benzene rings is 1. The molecule has 1 nitrogen and oxygen atoms in total. The Morgan fingerprint density at radius 3 is 2.37 bits per heavy atom. The summed E-state index contributed by atoms with van der Waals surface area (Å²) in [6.45, 7) is 0. The molecule has 1 aliphatic carbocycles. The van der Waals surface area contributed by atoms with Gasteiger partial charge in [-0.2, -0.15) is 0 Å². The Bertz CT molecular complexity index is 493. The van der Waals surface area contributed by atoms with Crippen molar-refractivity contribution in [3.8, 4) is 0 Å². The molecule has 1 aliphatic rings. The van der Waals surface area contributed by atoms with E-state index in [0.717, 1.165) is 5.92 Å². The summed E-state index contributed by atoms with van der Waals surface area (Å²) in [5, 5.41) is 1.28. The van der Waals surface area contributed by atoms with Gasteiger partial charge in [0.1, 0.15) is 0 Å². The van der Waals surface area contributed by atoms with Crippen molar-refractivity contribution in [2.24, 2.45) is 0 Å². The van der Waals surface area contributed by atoms with Crippen LogP contribution in [0.15, 0.2) is 36.5 Å². The van der Waals surface area contributed by atoms with Gasteiger partial charge in [0.15, 0.2) is 0 Å². The summed E-state index contributed by atoms with van der Waals surface area (Å²) in [5.74, 6) is 0.753. The minimum atomic E-state index is -0.181. The Kier molecular flexibility index (Phi) is 7.80. The SMILES string of the molecule is [CH3-].[Cl][Cr+][Cl].c1cnc2c(C3CCCC3)cccc2c1. The average Bonchev–Trinajstić information content (AvgIpc) is 2.93. The molecule has 1 saturated carbocycles. The van der Waals surface area contributed by atoms with Gasteiger partial charge in [0.25, 0.3) is 0 Å². The van der Waals surface area contributed by atoms with Crippen molar-refractivity contribution in [3.63, 3.8) is 0 Å². The summed E-state index contributed by atoms with van der Waals surface area (Å²) in [7, 11) is 9.65. The van der Waals surface area contributed by atoms with Gasteiger partial charge in [0.05, 0.1) is 5.52 Å². The van der Waals surface area contributed by atoms with Gasteiger partial charge in [-0.1, -0.05) is 37.1 Å². The van der Waals surface area contributed by atoms with E-state index in [1.165, 1.54) is 42.1 Å². The third-order valence-electron chi connectivity index (χ3n) is 3.46. The molecule has 1 fully saturated rings. The normalized spacial score (nSPS) is 14.4. The first kappa shape index (κ1) is 16.8. The zero-order valence-corrected chi connectivity index (χ0v) is 13.8. The van der Waals surface area contributed by atoms with Crippen molar-refractivity contribution in [2.75, 3.05) is 0 Å². The fourth-order valence-electron chi connectivity index (χ4n) is 2.69. The molecule has 0 spiro atoms. The van der Waals surface area contributed by atoms with E-state index in [1.54, 1.807) is 0 Å². The molecular weight excluding hydrogens is 317 g/mol.